The summed E-state index contributed by atoms with van der Waals surface area (Å²) >= 11 is 1.46. The van der Waals surface area contributed by atoms with Crippen molar-refractivity contribution in [1.82, 2.24) is 9.55 Å². The van der Waals surface area contributed by atoms with Gasteiger partial charge in [-0.3, -0.25) is 9.36 Å². The fraction of sp³-hybridized carbons (Fsp3) is 0.409. The van der Waals surface area contributed by atoms with E-state index in [0.29, 0.717) is 16.8 Å². The van der Waals surface area contributed by atoms with Gasteiger partial charge in [-0.1, -0.05) is 25.1 Å². The van der Waals surface area contributed by atoms with Crippen LogP contribution in [0, 0.1) is 0 Å². The maximum absolute atomic E-state index is 13.2. The highest BCUT2D eigenvalue weighted by Gasteiger charge is 2.21. The number of benzene rings is 1. The molecule has 2 aromatic heterocycles. The Bertz CT molecular complexity index is 1080. The average molecular weight is 397 g/mol. The minimum absolute atomic E-state index is 0.195. The van der Waals surface area contributed by atoms with Crippen molar-refractivity contribution in [3.8, 4) is 11.1 Å². The summed E-state index contributed by atoms with van der Waals surface area (Å²) < 4.78 is 6.59. The molecule has 0 saturated carbocycles. The summed E-state index contributed by atoms with van der Waals surface area (Å²) in [5, 5.41) is 2.58. The minimum atomic E-state index is -0.702. The first kappa shape index (κ1) is 18.9. The van der Waals surface area contributed by atoms with Crippen LogP contribution in [0.2, 0.25) is 0 Å². The molecule has 146 valence electrons. The van der Waals surface area contributed by atoms with Crippen LogP contribution in [-0.4, -0.2) is 22.1 Å². The first-order valence-electron chi connectivity index (χ1n) is 9.87. The molecule has 0 amide bonds. The van der Waals surface area contributed by atoms with Gasteiger partial charge in [0.05, 0.1) is 18.3 Å². The van der Waals surface area contributed by atoms with Gasteiger partial charge in [-0.15, -0.1) is 11.3 Å². The monoisotopic (exact) mass is 396 g/mol. The molecular weight excluding hydrogens is 372 g/mol. The second kappa shape index (κ2) is 7.87. The number of hydrogen-bond donors (Lipinski definition) is 0. The van der Waals surface area contributed by atoms with Crippen LogP contribution in [0.15, 0.2) is 34.7 Å². The van der Waals surface area contributed by atoms with Crippen molar-refractivity contribution in [2.75, 3.05) is 6.61 Å². The SMILES string of the molecule is CCCOC(=O)C(C)n1cnc2scc(-c3ccc4c(c3)CCCC4)c2c1=O. The highest BCUT2D eigenvalue weighted by molar-refractivity contribution is 7.17. The van der Waals surface area contributed by atoms with E-state index >= 15 is 0 Å². The van der Waals surface area contributed by atoms with E-state index < -0.39 is 12.0 Å². The summed E-state index contributed by atoms with van der Waals surface area (Å²) in [6.07, 6.45) is 6.88. The van der Waals surface area contributed by atoms with Gasteiger partial charge < -0.3 is 4.74 Å². The molecule has 5 nitrogen and oxygen atoms in total. The molecule has 1 aliphatic rings. The summed E-state index contributed by atoms with van der Waals surface area (Å²) in [5.41, 5.74) is 4.54. The van der Waals surface area contributed by atoms with E-state index in [1.54, 1.807) is 6.92 Å². The molecule has 0 radical (unpaired) electrons. The van der Waals surface area contributed by atoms with Crippen LogP contribution in [-0.2, 0) is 22.4 Å². The number of aryl methyl sites for hydroxylation is 2. The Morgan fingerprint density at radius 1 is 1.29 bits per heavy atom. The van der Waals surface area contributed by atoms with Crippen molar-refractivity contribution in [2.24, 2.45) is 0 Å². The molecule has 28 heavy (non-hydrogen) atoms. The molecule has 6 heteroatoms. The summed E-state index contributed by atoms with van der Waals surface area (Å²) in [7, 11) is 0. The normalized spacial score (nSPS) is 14.6. The number of carbonyl (C=O) groups excluding carboxylic acids is 1. The second-order valence-electron chi connectivity index (χ2n) is 7.32. The number of nitrogens with zero attached hydrogens (tertiary/aromatic N) is 2. The predicted molar refractivity (Wildman–Crippen MR) is 112 cm³/mol. The molecule has 1 aromatic carbocycles. The van der Waals surface area contributed by atoms with Crippen LogP contribution in [0.25, 0.3) is 21.3 Å². The van der Waals surface area contributed by atoms with E-state index in [9.17, 15) is 9.59 Å². The third-order valence-corrected chi connectivity index (χ3v) is 6.27. The number of fused-ring (bicyclic) bond motifs is 2. The standard InChI is InChI=1S/C22H24N2O3S/c1-3-10-27-22(26)14(2)24-13-23-20-19(21(24)25)18(12-28-20)17-9-8-15-6-4-5-7-16(15)11-17/h8-9,11-14H,3-7,10H2,1-2H3. The Morgan fingerprint density at radius 3 is 2.86 bits per heavy atom. The van der Waals surface area contributed by atoms with Crippen LogP contribution in [0.3, 0.4) is 0 Å². The molecular formula is C22H24N2O3S. The summed E-state index contributed by atoms with van der Waals surface area (Å²) in [6, 6.07) is 5.80. The van der Waals surface area contributed by atoms with Crippen molar-refractivity contribution in [3.63, 3.8) is 0 Å². The first-order valence-corrected chi connectivity index (χ1v) is 10.7. The van der Waals surface area contributed by atoms with E-state index in [2.05, 4.69) is 23.2 Å². The van der Waals surface area contributed by atoms with Gasteiger partial charge in [0, 0.05) is 10.9 Å². The van der Waals surface area contributed by atoms with Gasteiger partial charge in [0.2, 0.25) is 0 Å². The van der Waals surface area contributed by atoms with Crippen LogP contribution >= 0.6 is 11.3 Å². The van der Waals surface area contributed by atoms with Gasteiger partial charge in [0.25, 0.3) is 5.56 Å². The van der Waals surface area contributed by atoms with Gasteiger partial charge in [0.15, 0.2) is 0 Å². The Kier molecular flexibility index (Phi) is 5.31. The van der Waals surface area contributed by atoms with E-state index in [-0.39, 0.29) is 5.56 Å². The van der Waals surface area contributed by atoms with Crippen LogP contribution in [0.1, 0.15) is 50.3 Å². The Labute approximate surface area is 168 Å². The lowest BCUT2D eigenvalue weighted by molar-refractivity contribution is -0.147. The fourth-order valence-corrected chi connectivity index (χ4v) is 4.68. The van der Waals surface area contributed by atoms with Gasteiger partial charge in [-0.2, -0.15) is 0 Å². The predicted octanol–water partition coefficient (Wildman–Crippen LogP) is 4.52. The molecule has 1 atom stereocenters. The lowest BCUT2D eigenvalue weighted by Crippen LogP contribution is -2.29. The maximum atomic E-state index is 13.2. The molecule has 0 saturated heterocycles. The highest BCUT2D eigenvalue weighted by Crippen LogP contribution is 2.33. The maximum Gasteiger partial charge on any atom is 0.328 e. The van der Waals surface area contributed by atoms with Gasteiger partial charge in [-0.05, 0) is 55.7 Å². The fourth-order valence-electron chi connectivity index (χ4n) is 3.77. The molecule has 0 bridgehead atoms. The molecule has 0 N–H and O–H groups in total. The van der Waals surface area contributed by atoms with E-state index in [0.717, 1.165) is 30.4 Å². The van der Waals surface area contributed by atoms with Crippen molar-refractivity contribution in [3.05, 3.63) is 51.4 Å². The number of hydrogen-bond acceptors (Lipinski definition) is 5. The first-order chi connectivity index (χ1) is 13.6. The van der Waals surface area contributed by atoms with E-state index in [1.807, 2.05) is 12.3 Å². The molecule has 0 aliphatic heterocycles. The quantitative estimate of drug-likeness (QED) is 0.595. The number of esters is 1. The zero-order valence-corrected chi connectivity index (χ0v) is 17.1. The van der Waals surface area contributed by atoms with Crippen molar-refractivity contribution < 1.29 is 9.53 Å². The average Bonchev–Trinajstić information content (AvgIpc) is 3.16. The van der Waals surface area contributed by atoms with Crippen LogP contribution in [0.5, 0.6) is 0 Å². The zero-order valence-electron chi connectivity index (χ0n) is 16.2. The van der Waals surface area contributed by atoms with Crippen molar-refractivity contribution in [2.45, 2.75) is 52.0 Å². The lowest BCUT2D eigenvalue weighted by atomic mass is 9.89. The Balaban J connectivity index is 1.77. The van der Waals surface area contributed by atoms with Crippen LogP contribution < -0.4 is 5.56 Å². The molecule has 4 rings (SSSR count). The van der Waals surface area contributed by atoms with E-state index in [4.69, 9.17) is 4.74 Å². The summed E-state index contributed by atoms with van der Waals surface area (Å²) in [5.74, 6) is -0.407. The molecule has 1 aliphatic carbocycles. The van der Waals surface area contributed by atoms with E-state index in [1.165, 1.54) is 46.2 Å². The Morgan fingerprint density at radius 2 is 2.07 bits per heavy atom. The van der Waals surface area contributed by atoms with Crippen LogP contribution in [0.4, 0.5) is 0 Å². The van der Waals surface area contributed by atoms with Gasteiger partial charge >= 0.3 is 5.97 Å². The zero-order chi connectivity index (χ0) is 19.7. The number of thiophene rings is 1. The number of carbonyl (C=O) groups is 1. The smallest absolute Gasteiger partial charge is 0.328 e. The lowest BCUT2D eigenvalue weighted by Gasteiger charge is -2.16. The summed E-state index contributed by atoms with van der Waals surface area (Å²) in [6.45, 7) is 3.97. The molecule has 2 heterocycles. The Hall–Kier alpha value is -2.47. The molecule has 3 aromatic rings. The highest BCUT2D eigenvalue weighted by atomic mass is 32.1. The van der Waals surface area contributed by atoms with Crippen molar-refractivity contribution >= 4 is 27.5 Å². The van der Waals surface area contributed by atoms with Gasteiger partial charge in [0.1, 0.15) is 10.9 Å². The molecule has 1 unspecified atom stereocenters. The topological polar surface area (TPSA) is 61.2 Å². The minimum Gasteiger partial charge on any atom is -0.464 e. The van der Waals surface area contributed by atoms with Gasteiger partial charge in [-0.25, -0.2) is 9.78 Å². The largest absolute Gasteiger partial charge is 0.464 e. The third kappa shape index (κ3) is 3.37. The number of aromatic nitrogens is 2. The molecule has 0 spiro atoms. The molecule has 0 fully saturated rings. The summed E-state index contributed by atoms with van der Waals surface area (Å²) in [4.78, 5) is 30.6. The second-order valence-corrected chi connectivity index (χ2v) is 8.18. The third-order valence-electron chi connectivity index (χ3n) is 5.39. The number of rotatable bonds is 5. The van der Waals surface area contributed by atoms with Crippen molar-refractivity contribution in [1.29, 1.82) is 0 Å². The number of ether oxygens (including phenoxy) is 1.